The number of halogens is 1. The second-order valence-corrected chi connectivity index (χ2v) is 6.18. The van der Waals surface area contributed by atoms with Crippen molar-refractivity contribution in [1.82, 2.24) is 19.5 Å². The van der Waals surface area contributed by atoms with Crippen molar-refractivity contribution in [2.45, 2.75) is 51.7 Å². The first-order chi connectivity index (χ1) is 12.3. The fourth-order valence-corrected chi connectivity index (χ4v) is 3.22. The van der Waals surface area contributed by atoms with Gasteiger partial charge in [-0.3, -0.25) is 14.2 Å². The summed E-state index contributed by atoms with van der Waals surface area (Å²) in [5.41, 5.74) is 6.32. The Kier molecular flexibility index (Phi) is 4.97. The van der Waals surface area contributed by atoms with E-state index in [1.807, 2.05) is 6.92 Å². The van der Waals surface area contributed by atoms with Crippen molar-refractivity contribution in [3.05, 3.63) is 11.5 Å². The molecule has 2 N–H and O–H groups in total. The number of aromatic nitrogens is 4. The Balaban J connectivity index is 2.07. The van der Waals surface area contributed by atoms with Crippen LogP contribution in [0.25, 0.3) is 11.2 Å². The van der Waals surface area contributed by atoms with Gasteiger partial charge in [0.15, 0.2) is 29.2 Å². The molecule has 0 saturated carbocycles. The Hall–Kier alpha value is -2.46. The molecule has 26 heavy (non-hydrogen) atoms. The lowest BCUT2D eigenvalue weighted by Gasteiger charge is -2.23. The van der Waals surface area contributed by atoms with Crippen LogP contribution < -0.4 is 5.73 Å². The van der Waals surface area contributed by atoms with Gasteiger partial charge in [-0.1, -0.05) is 18.5 Å². The molecule has 1 fully saturated rings. The number of fused-ring (bicyclic) bond motifs is 1. The minimum Gasteiger partial charge on any atom is -0.456 e. The van der Waals surface area contributed by atoms with Crippen molar-refractivity contribution in [2.75, 3.05) is 5.73 Å². The number of anilines is 1. The van der Waals surface area contributed by atoms with Crippen LogP contribution in [0, 0.1) is 0 Å². The highest BCUT2D eigenvalue weighted by Crippen LogP contribution is 2.37. The van der Waals surface area contributed by atoms with E-state index in [2.05, 4.69) is 15.0 Å². The quantitative estimate of drug-likeness (QED) is 0.611. The summed E-state index contributed by atoms with van der Waals surface area (Å²) in [6, 6.07) is 0. The van der Waals surface area contributed by atoms with Crippen LogP contribution in [0.2, 0.25) is 5.15 Å². The van der Waals surface area contributed by atoms with Gasteiger partial charge < -0.3 is 19.9 Å². The van der Waals surface area contributed by atoms with E-state index in [9.17, 15) is 9.59 Å². The normalized spacial score (nSPS) is 25.4. The van der Waals surface area contributed by atoms with Gasteiger partial charge in [0, 0.05) is 13.8 Å². The van der Waals surface area contributed by atoms with E-state index in [-0.39, 0.29) is 11.1 Å². The van der Waals surface area contributed by atoms with Gasteiger partial charge >= 0.3 is 11.9 Å². The Labute approximate surface area is 153 Å². The van der Waals surface area contributed by atoms with Crippen LogP contribution in [0.4, 0.5) is 5.95 Å². The molecule has 1 aliphatic heterocycles. The van der Waals surface area contributed by atoms with Crippen molar-refractivity contribution in [1.29, 1.82) is 0 Å². The molecule has 11 heteroatoms. The first kappa shape index (κ1) is 18.3. The number of imidazole rings is 1. The van der Waals surface area contributed by atoms with E-state index in [4.69, 9.17) is 31.5 Å². The molecular formula is C15H18ClN5O5. The van der Waals surface area contributed by atoms with Crippen molar-refractivity contribution < 1.29 is 23.8 Å². The molecule has 2 aromatic heterocycles. The van der Waals surface area contributed by atoms with E-state index in [0.717, 1.165) is 0 Å². The summed E-state index contributed by atoms with van der Waals surface area (Å²) < 4.78 is 18.3. The molecular weight excluding hydrogens is 366 g/mol. The van der Waals surface area contributed by atoms with Gasteiger partial charge in [-0.25, -0.2) is 4.98 Å². The average molecular weight is 384 g/mol. The van der Waals surface area contributed by atoms with Crippen molar-refractivity contribution >= 4 is 40.7 Å². The van der Waals surface area contributed by atoms with Crippen molar-refractivity contribution in [3.63, 3.8) is 0 Å². The number of nitrogen functional groups attached to an aromatic ring is 1. The van der Waals surface area contributed by atoms with E-state index < -0.39 is 36.5 Å². The Bertz CT molecular complexity index is 856. The fourth-order valence-electron chi connectivity index (χ4n) is 3.00. The maximum absolute atomic E-state index is 11.6. The lowest BCUT2D eigenvalue weighted by molar-refractivity contribution is -0.165. The number of carbonyl (C=O) groups excluding carboxylic acids is 2. The summed E-state index contributed by atoms with van der Waals surface area (Å²) in [7, 11) is 0. The van der Waals surface area contributed by atoms with Crippen LogP contribution in [0.15, 0.2) is 6.33 Å². The summed E-state index contributed by atoms with van der Waals surface area (Å²) >= 11 is 6.05. The van der Waals surface area contributed by atoms with Gasteiger partial charge in [-0.2, -0.15) is 9.97 Å². The Morgan fingerprint density at radius 3 is 2.54 bits per heavy atom. The number of hydrogen-bond donors (Lipinski definition) is 1. The second kappa shape index (κ2) is 7.04. The van der Waals surface area contributed by atoms with Crippen LogP contribution in [0.3, 0.4) is 0 Å². The van der Waals surface area contributed by atoms with Crippen LogP contribution in [0.5, 0.6) is 0 Å². The first-order valence-electron chi connectivity index (χ1n) is 7.97. The standard InChI is InChI=1S/C15H18ClN5O5/c1-4-8-10(24-6(2)22)11(25-7(3)23)14(26-8)21-5-18-9-12(16)19-15(17)20-13(9)21/h5,8,10-11,14H,4H2,1-3H3,(H2,17,19,20)/t8-,10-,11-,14?/m1/s1. The van der Waals surface area contributed by atoms with E-state index in [0.29, 0.717) is 17.6 Å². The predicted octanol–water partition coefficient (Wildman–Crippen LogP) is 1.23. The van der Waals surface area contributed by atoms with Crippen LogP contribution >= 0.6 is 11.6 Å². The monoisotopic (exact) mass is 383 g/mol. The first-order valence-corrected chi connectivity index (χ1v) is 8.35. The minimum absolute atomic E-state index is 0.0325. The van der Waals surface area contributed by atoms with Gasteiger partial charge in [-0.15, -0.1) is 0 Å². The molecule has 1 aliphatic rings. The summed E-state index contributed by atoms with van der Waals surface area (Å²) in [5.74, 6) is -1.07. The van der Waals surface area contributed by atoms with Crippen molar-refractivity contribution in [3.8, 4) is 0 Å². The maximum Gasteiger partial charge on any atom is 0.303 e. The topological polar surface area (TPSA) is 131 Å². The van der Waals surface area contributed by atoms with E-state index in [1.54, 1.807) is 4.57 Å². The van der Waals surface area contributed by atoms with E-state index in [1.165, 1.54) is 20.2 Å². The third-order valence-corrected chi connectivity index (χ3v) is 4.23. The molecule has 1 unspecified atom stereocenters. The number of carbonyl (C=O) groups is 2. The molecule has 140 valence electrons. The lowest BCUT2D eigenvalue weighted by atomic mass is 10.1. The summed E-state index contributed by atoms with van der Waals surface area (Å²) in [4.78, 5) is 35.3. The number of ether oxygens (including phenoxy) is 3. The van der Waals surface area contributed by atoms with Crippen LogP contribution in [-0.2, 0) is 23.8 Å². The number of nitrogens with two attached hydrogens (primary N) is 1. The average Bonchev–Trinajstić information content (AvgIpc) is 3.09. The number of esters is 2. The highest BCUT2D eigenvalue weighted by Gasteiger charge is 2.49. The number of hydrogen-bond acceptors (Lipinski definition) is 9. The second-order valence-electron chi connectivity index (χ2n) is 5.82. The zero-order valence-corrected chi connectivity index (χ0v) is 15.1. The molecule has 10 nitrogen and oxygen atoms in total. The van der Waals surface area contributed by atoms with Gasteiger partial charge in [0.05, 0.1) is 6.33 Å². The van der Waals surface area contributed by atoms with Gasteiger partial charge in [0.2, 0.25) is 5.95 Å². The molecule has 3 heterocycles. The summed E-state index contributed by atoms with van der Waals surface area (Å²) in [5, 5.41) is 0.0943. The fraction of sp³-hybridized carbons (Fsp3) is 0.533. The summed E-state index contributed by atoms with van der Waals surface area (Å²) in [6.45, 7) is 4.42. The van der Waals surface area contributed by atoms with Crippen molar-refractivity contribution in [2.24, 2.45) is 0 Å². The smallest absolute Gasteiger partial charge is 0.303 e. The molecule has 0 bridgehead atoms. The molecule has 0 radical (unpaired) electrons. The third kappa shape index (κ3) is 3.29. The Morgan fingerprint density at radius 2 is 1.92 bits per heavy atom. The molecule has 0 aliphatic carbocycles. The molecule has 2 aromatic rings. The van der Waals surface area contributed by atoms with Crippen LogP contribution in [-0.4, -0.2) is 49.8 Å². The molecule has 0 spiro atoms. The molecule has 3 rings (SSSR count). The zero-order valence-electron chi connectivity index (χ0n) is 14.4. The molecule has 4 atom stereocenters. The molecule has 0 aromatic carbocycles. The third-order valence-electron chi connectivity index (χ3n) is 3.96. The maximum atomic E-state index is 11.6. The van der Waals surface area contributed by atoms with Gasteiger partial charge in [0.1, 0.15) is 11.6 Å². The minimum atomic E-state index is -0.881. The molecule has 1 saturated heterocycles. The Morgan fingerprint density at radius 1 is 1.27 bits per heavy atom. The predicted molar refractivity (Wildman–Crippen MR) is 90.1 cm³/mol. The lowest BCUT2D eigenvalue weighted by Crippen LogP contribution is -2.38. The number of rotatable bonds is 4. The highest BCUT2D eigenvalue weighted by atomic mass is 35.5. The van der Waals surface area contributed by atoms with Crippen LogP contribution in [0.1, 0.15) is 33.4 Å². The van der Waals surface area contributed by atoms with Gasteiger partial charge in [-0.05, 0) is 6.42 Å². The zero-order chi connectivity index (χ0) is 19.0. The number of nitrogens with zero attached hydrogens (tertiary/aromatic N) is 4. The van der Waals surface area contributed by atoms with E-state index >= 15 is 0 Å². The summed E-state index contributed by atoms with van der Waals surface area (Å²) in [6.07, 6.45) is -0.957. The highest BCUT2D eigenvalue weighted by molar-refractivity contribution is 6.33. The molecule has 0 amide bonds. The SMILES string of the molecule is CC[C@H]1OC(n2cnc3c(Cl)nc(N)nc32)[C@H](OC(C)=O)[C@@H]1OC(C)=O. The van der Waals surface area contributed by atoms with Gasteiger partial charge in [0.25, 0.3) is 0 Å². The largest absolute Gasteiger partial charge is 0.456 e.